The van der Waals surface area contributed by atoms with Gasteiger partial charge in [-0.25, -0.2) is 4.68 Å². The molecule has 1 unspecified atom stereocenters. The lowest BCUT2D eigenvalue weighted by molar-refractivity contribution is -0.120. The largest absolute Gasteiger partial charge is 0.497 e. The average molecular weight is 567 g/mol. The van der Waals surface area contributed by atoms with Crippen LogP contribution in [0.5, 0.6) is 5.75 Å². The molecule has 7 nitrogen and oxygen atoms in total. The van der Waals surface area contributed by atoms with Crippen molar-refractivity contribution in [2.45, 2.75) is 5.25 Å². The van der Waals surface area contributed by atoms with E-state index >= 15 is 0 Å². The maximum atomic E-state index is 13.8. The first-order valence-electron chi connectivity index (χ1n) is 12.8. The first-order chi connectivity index (χ1) is 19.6. The number of hydrogen-bond acceptors (Lipinski definition) is 6. The van der Waals surface area contributed by atoms with Gasteiger partial charge >= 0.3 is 0 Å². The monoisotopic (exact) mass is 566 g/mol. The summed E-state index contributed by atoms with van der Waals surface area (Å²) in [6.45, 7) is -0.144. The van der Waals surface area contributed by atoms with Crippen molar-refractivity contribution in [3.8, 4) is 22.7 Å². The van der Waals surface area contributed by atoms with Crippen molar-refractivity contribution in [1.82, 2.24) is 9.78 Å². The lowest BCUT2D eigenvalue weighted by atomic mass is 10.0. The quantitative estimate of drug-likeness (QED) is 0.246. The number of carbonyl (C=O) groups excluding carboxylic acids is 2. The average Bonchev–Trinajstić information content (AvgIpc) is 3.64. The number of benzene rings is 3. The van der Waals surface area contributed by atoms with E-state index in [9.17, 15) is 9.59 Å². The molecule has 0 radical (unpaired) electrons. The Morgan fingerprint density at radius 1 is 0.975 bits per heavy atom. The summed E-state index contributed by atoms with van der Waals surface area (Å²) >= 11 is 3.22. The minimum Gasteiger partial charge on any atom is -0.497 e. The van der Waals surface area contributed by atoms with Gasteiger partial charge in [-0.15, -0.1) is 23.1 Å². The Kier molecular flexibility index (Phi) is 7.39. The maximum absolute atomic E-state index is 13.8. The van der Waals surface area contributed by atoms with Crippen molar-refractivity contribution in [2.75, 3.05) is 29.6 Å². The number of hydrogen-bond donors (Lipinski definition) is 1. The summed E-state index contributed by atoms with van der Waals surface area (Å²) in [5, 5.41) is 9.95. The molecule has 3 heterocycles. The first-order valence-corrected chi connectivity index (χ1v) is 14.7. The highest BCUT2D eigenvalue weighted by Crippen LogP contribution is 2.49. The number of amides is 2. The minimum atomic E-state index is -0.284. The van der Waals surface area contributed by atoms with E-state index in [0.717, 1.165) is 27.4 Å². The third-order valence-corrected chi connectivity index (χ3v) is 8.94. The Morgan fingerprint density at radius 2 is 1.70 bits per heavy atom. The highest BCUT2D eigenvalue weighted by molar-refractivity contribution is 8.00. The van der Waals surface area contributed by atoms with Gasteiger partial charge < -0.3 is 10.1 Å². The molecule has 1 aliphatic heterocycles. The normalized spacial score (nSPS) is 14.9. The van der Waals surface area contributed by atoms with E-state index in [2.05, 4.69) is 11.4 Å². The second-order valence-corrected chi connectivity index (χ2v) is 11.2. The van der Waals surface area contributed by atoms with E-state index in [1.165, 1.54) is 0 Å². The fourth-order valence-corrected chi connectivity index (χ4v) is 6.94. The third kappa shape index (κ3) is 5.13. The van der Waals surface area contributed by atoms with Crippen LogP contribution in [0.25, 0.3) is 16.9 Å². The molecular formula is C31H26N4O3S2. The highest BCUT2D eigenvalue weighted by Gasteiger charge is 2.38. The molecule has 1 atom stereocenters. The van der Waals surface area contributed by atoms with Gasteiger partial charge in [-0.05, 0) is 47.8 Å². The topological polar surface area (TPSA) is 76.5 Å². The molecule has 40 heavy (non-hydrogen) atoms. The van der Waals surface area contributed by atoms with Gasteiger partial charge in [0.05, 0.1) is 29.5 Å². The van der Waals surface area contributed by atoms with Crippen LogP contribution in [-0.2, 0) is 9.59 Å². The Morgan fingerprint density at radius 3 is 2.38 bits per heavy atom. The van der Waals surface area contributed by atoms with Crippen LogP contribution >= 0.6 is 23.1 Å². The maximum Gasteiger partial charge on any atom is 0.244 e. The summed E-state index contributed by atoms with van der Waals surface area (Å²) < 4.78 is 7.17. The fourth-order valence-electron chi connectivity index (χ4n) is 4.76. The Hall–Kier alpha value is -4.34. The Labute approximate surface area is 240 Å². The summed E-state index contributed by atoms with van der Waals surface area (Å²) in [6.07, 6.45) is 0. The molecule has 2 aromatic heterocycles. The molecule has 6 rings (SSSR count). The van der Waals surface area contributed by atoms with Gasteiger partial charge in [-0.1, -0.05) is 54.6 Å². The van der Waals surface area contributed by atoms with Crippen LogP contribution in [0.15, 0.2) is 102 Å². The van der Waals surface area contributed by atoms with Gasteiger partial charge in [-0.2, -0.15) is 5.10 Å². The molecule has 0 saturated heterocycles. The number of anilines is 2. The number of para-hydroxylation sites is 1. The number of fused-ring (bicyclic) bond motifs is 1. The van der Waals surface area contributed by atoms with Crippen molar-refractivity contribution >= 4 is 46.4 Å². The molecule has 3 aromatic carbocycles. The van der Waals surface area contributed by atoms with Gasteiger partial charge in [0.1, 0.15) is 18.1 Å². The zero-order valence-corrected chi connectivity index (χ0v) is 23.3. The van der Waals surface area contributed by atoms with E-state index in [1.54, 1.807) is 39.8 Å². The molecule has 0 bridgehead atoms. The van der Waals surface area contributed by atoms with Crippen LogP contribution in [0.3, 0.4) is 0 Å². The number of nitrogens with one attached hydrogen (secondary N) is 1. The van der Waals surface area contributed by atoms with Crippen LogP contribution in [0.4, 0.5) is 11.5 Å². The predicted octanol–water partition coefficient (Wildman–Crippen LogP) is 6.42. The van der Waals surface area contributed by atoms with Gasteiger partial charge in [0.25, 0.3) is 0 Å². The number of ether oxygens (including phenoxy) is 1. The summed E-state index contributed by atoms with van der Waals surface area (Å²) in [7, 11) is 1.62. The van der Waals surface area contributed by atoms with Crippen LogP contribution in [-0.4, -0.2) is 41.0 Å². The van der Waals surface area contributed by atoms with Gasteiger partial charge in [0, 0.05) is 21.7 Å². The van der Waals surface area contributed by atoms with Crippen LogP contribution in [0, 0.1) is 0 Å². The third-order valence-electron chi connectivity index (χ3n) is 6.61. The lowest BCUT2D eigenvalue weighted by Crippen LogP contribution is -2.40. The predicted molar refractivity (Wildman–Crippen MR) is 162 cm³/mol. The zero-order chi connectivity index (χ0) is 27.5. The summed E-state index contributed by atoms with van der Waals surface area (Å²) in [5.41, 5.74) is 4.07. The molecule has 0 fully saturated rings. The smallest absolute Gasteiger partial charge is 0.244 e. The van der Waals surface area contributed by atoms with Crippen LogP contribution in [0.2, 0.25) is 0 Å². The minimum absolute atomic E-state index is 0.136. The van der Waals surface area contributed by atoms with E-state index in [1.807, 2.05) is 96.4 Å². The molecule has 1 N–H and O–H groups in total. The molecule has 0 saturated carbocycles. The molecule has 0 spiro atoms. The molecule has 9 heteroatoms. The Bertz CT molecular complexity index is 1620. The van der Waals surface area contributed by atoms with E-state index in [0.29, 0.717) is 17.3 Å². The van der Waals surface area contributed by atoms with Gasteiger partial charge in [0.2, 0.25) is 11.8 Å². The number of thioether (sulfide) groups is 1. The molecule has 1 aliphatic rings. The zero-order valence-electron chi connectivity index (χ0n) is 21.7. The van der Waals surface area contributed by atoms with Crippen LogP contribution < -0.4 is 15.0 Å². The number of rotatable bonds is 7. The van der Waals surface area contributed by atoms with Crippen molar-refractivity contribution < 1.29 is 14.3 Å². The number of aromatic nitrogens is 2. The molecule has 5 aromatic rings. The molecule has 200 valence electrons. The summed E-state index contributed by atoms with van der Waals surface area (Å²) in [6, 6.07) is 30.9. The SMILES string of the molecule is COc1ccc(-n2nc(-c3ccccc3)c3c2N(CC(=O)Nc2ccccc2)C(=O)CSC3c2cccs2)cc1. The van der Waals surface area contributed by atoms with Crippen LogP contribution in [0.1, 0.15) is 15.7 Å². The number of nitrogens with zero attached hydrogens (tertiary/aromatic N) is 3. The fraction of sp³-hybridized carbons (Fsp3) is 0.129. The number of carbonyl (C=O) groups is 2. The highest BCUT2D eigenvalue weighted by atomic mass is 32.2. The first kappa shape index (κ1) is 25.9. The van der Waals surface area contributed by atoms with Gasteiger partial charge in [0.15, 0.2) is 0 Å². The van der Waals surface area contributed by atoms with E-state index in [-0.39, 0.29) is 29.4 Å². The lowest BCUT2D eigenvalue weighted by Gasteiger charge is -2.23. The summed E-state index contributed by atoms with van der Waals surface area (Å²) in [4.78, 5) is 29.8. The van der Waals surface area contributed by atoms with E-state index < -0.39 is 0 Å². The van der Waals surface area contributed by atoms with Gasteiger partial charge in [-0.3, -0.25) is 14.5 Å². The molecule has 2 amide bonds. The summed E-state index contributed by atoms with van der Waals surface area (Å²) in [5.74, 6) is 1.11. The molecular weight excluding hydrogens is 541 g/mol. The van der Waals surface area contributed by atoms with Crippen molar-refractivity contribution in [1.29, 1.82) is 0 Å². The van der Waals surface area contributed by atoms with Crippen molar-refractivity contribution in [3.63, 3.8) is 0 Å². The number of methoxy groups -OCH3 is 1. The Balaban J connectivity index is 1.54. The molecule has 0 aliphatic carbocycles. The van der Waals surface area contributed by atoms with E-state index in [4.69, 9.17) is 9.84 Å². The van der Waals surface area contributed by atoms with Crippen molar-refractivity contribution in [2.24, 2.45) is 0 Å². The second kappa shape index (κ2) is 11.4. The second-order valence-electron chi connectivity index (χ2n) is 9.16. The number of thiophene rings is 1. The standard InChI is InChI=1S/C31H26N4O3S2/c1-38-24-16-14-23(15-17-24)35-31-28(29(33-35)21-9-4-2-5-10-21)30(25-13-8-18-39-25)40-20-27(37)34(31)19-26(36)32-22-11-6-3-7-12-22/h2-18,30H,19-20H2,1H3,(H,32,36). The van der Waals surface area contributed by atoms with Crippen molar-refractivity contribution in [3.05, 3.63) is 113 Å².